The molecule has 0 aliphatic carbocycles. The van der Waals surface area contributed by atoms with E-state index in [-0.39, 0.29) is 24.0 Å². The van der Waals surface area contributed by atoms with Crippen LogP contribution in [-0.4, -0.2) is 52.6 Å². The molecule has 1 saturated heterocycles. The predicted molar refractivity (Wildman–Crippen MR) is 116 cm³/mol. The standard InChI is InChI=1S/C24H29N3O3/c1-16-8-7-11-27-21(13-25-24(16)27)20(19-9-5-6-10-22(19)29-4)12-23(28)26-14-17(2)30-18(3)15-26/h5-11,13,17-18,20H,12,14-15H2,1-4H3. The highest BCUT2D eigenvalue weighted by Gasteiger charge is 2.30. The second kappa shape index (κ2) is 8.48. The number of pyridine rings is 1. The van der Waals surface area contributed by atoms with Gasteiger partial charge in [-0.25, -0.2) is 4.98 Å². The number of para-hydroxylation sites is 1. The molecule has 0 bridgehead atoms. The van der Waals surface area contributed by atoms with Crippen molar-refractivity contribution in [1.82, 2.24) is 14.3 Å². The zero-order valence-corrected chi connectivity index (χ0v) is 18.0. The molecule has 0 radical (unpaired) electrons. The molecule has 1 aliphatic heterocycles. The molecule has 1 amide bonds. The van der Waals surface area contributed by atoms with Crippen LogP contribution in [0.5, 0.6) is 5.75 Å². The average Bonchev–Trinajstić information content (AvgIpc) is 3.16. The van der Waals surface area contributed by atoms with Gasteiger partial charge in [0, 0.05) is 43.4 Å². The summed E-state index contributed by atoms with van der Waals surface area (Å²) in [7, 11) is 1.67. The number of nitrogens with zero attached hydrogens (tertiary/aromatic N) is 3. The Morgan fingerprint density at radius 2 is 1.93 bits per heavy atom. The van der Waals surface area contributed by atoms with E-state index in [9.17, 15) is 4.79 Å². The van der Waals surface area contributed by atoms with Crippen molar-refractivity contribution in [3.63, 3.8) is 0 Å². The third-order valence-corrected chi connectivity index (χ3v) is 5.78. The number of aromatic nitrogens is 2. The van der Waals surface area contributed by atoms with Gasteiger partial charge in [-0.3, -0.25) is 4.79 Å². The fourth-order valence-electron chi connectivity index (χ4n) is 4.44. The second-order valence-electron chi connectivity index (χ2n) is 8.12. The first-order chi connectivity index (χ1) is 14.5. The van der Waals surface area contributed by atoms with E-state index in [2.05, 4.69) is 9.38 Å². The van der Waals surface area contributed by atoms with Gasteiger partial charge in [0.05, 0.1) is 25.0 Å². The number of rotatable bonds is 5. The van der Waals surface area contributed by atoms with Crippen LogP contribution in [0.25, 0.3) is 5.65 Å². The molecule has 0 N–H and O–H groups in total. The first kappa shape index (κ1) is 20.4. The third-order valence-electron chi connectivity index (χ3n) is 5.78. The van der Waals surface area contributed by atoms with E-state index in [0.717, 1.165) is 28.2 Å². The number of carbonyl (C=O) groups excluding carboxylic acids is 1. The van der Waals surface area contributed by atoms with Crippen LogP contribution in [0, 0.1) is 6.92 Å². The summed E-state index contributed by atoms with van der Waals surface area (Å²) >= 11 is 0. The normalized spacial score (nSPS) is 20.3. The smallest absolute Gasteiger partial charge is 0.223 e. The summed E-state index contributed by atoms with van der Waals surface area (Å²) < 4.78 is 13.5. The minimum atomic E-state index is -0.168. The molecule has 3 heterocycles. The first-order valence-electron chi connectivity index (χ1n) is 10.5. The quantitative estimate of drug-likeness (QED) is 0.645. The lowest BCUT2D eigenvalue weighted by Crippen LogP contribution is -2.48. The van der Waals surface area contributed by atoms with Crippen molar-refractivity contribution < 1.29 is 14.3 Å². The highest BCUT2D eigenvalue weighted by molar-refractivity contribution is 5.78. The summed E-state index contributed by atoms with van der Waals surface area (Å²) in [4.78, 5) is 19.9. The molecule has 1 aromatic carbocycles. The Labute approximate surface area is 177 Å². The topological polar surface area (TPSA) is 56.1 Å². The van der Waals surface area contributed by atoms with Gasteiger partial charge >= 0.3 is 0 Å². The monoisotopic (exact) mass is 407 g/mol. The summed E-state index contributed by atoms with van der Waals surface area (Å²) in [5, 5.41) is 0. The van der Waals surface area contributed by atoms with E-state index in [1.165, 1.54) is 0 Å². The van der Waals surface area contributed by atoms with Crippen molar-refractivity contribution in [1.29, 1.82) is 0 Å². The molecule has 0 saturated carbocycles. The van der Waals surface area contributed by atoms with Crippen LogP contribution >= 0.6 is 0 Å². The van der Waals surface area contributed by atoms with Gasteiger partial charge in [0.15, 0.2) is 0 Å². The maximum Gasteiger partial charge on any atom is 0.223 e. The predicted octanol–water partition coefficient (Wildman–Crippen LogP) is 3.81. The number of carbonyl (C=O) groups is 1. The summed E-state index contributed by atoms with van der Waals surface area (Å²) in [5.74, 6) is 0.732. The van der Waals surface area contributed by atoms with Gasteiger partial charge in [-0.15, -0.1) is 0 Å². The van der Waals surface area contributed by atoms with Crippen molar-refractivity contribution in [2.75, 3.05) is 20.2 Å². The van der Waals surface area contributed by atoms with Gasteiger partial charge in [0.2, 0.25) is 5.91 Å². The molecular formula is C24H29N3O3. The minimum absolute atomic E-state index is 0.0425. The maximum absolute atomic E-state index is 13.4. The molecule has 3 aromatic rings. The van der Waals surface area contributed by atoms with Crippen LogP contribution in [0.1, 0.15) is 43.0 Å². The number of imidazole rings is 1. The number of ether oxygens (including phenoxy) is 2. The Morgan fingerprint density at radius 3 is 2.67 bits per heavy atom. The first-order valence-corrected chi connectivity index (χ1v) is 10.5. The number of fused-ring (bicyclic) bond motifs is 1. The highest BCUT2D eigenvalue weighted by atomic mass is 16.5. The van der Waals surface area contributed by atoms with Crippen molar-refractivity contribution in [2.24, 2.45) is 0 Å². The highest BCUT2D eigenvalue weighted by Crippen LogP contribution is 2.35. The van der Waals surface area contributed by atoms with Gasteiger partial charge in [0.25, 0.3) is 0 Å². The van der Waals surface area contributed by atoms with E-state index in [1.807, 2.05) is 74.5 Å². The minimum Gasteiger partial charge on any atom is -0.496 e. The van der Waals surface area contributed by atoms with E-state index >= 15 is 0 Å². The fraction of sp³-hybridized carbons (Fsp3) is 0.417. The SMILES string of the molecule is COc1ccccc1C(CC(=O)N1CC(C)OC(C)C1)c1cnc2c(C)cccn12. The molecule has 2 aromatic heterocycles. The molecule has 6 heteroatoms. The van der Waals surface area contributed by atoms with Crippen molar-refractivity contribution in [3.05, 3.63) is 65.6 Å². The van der Waals surface area contributed by atoms with E-state index in [4.69, 9.17) is 9.47 Å². The van der Waals surface area contributed by atoms with Gasteiger partial charge in [0.1, 0.15) is 11.4 Å². The van der Waals surface area contributed by atoms with Gasteiger partial charge < -0.3 is 18.8 Å². The van der Waals surface area contributed by atoms with Crippen LogP contribution in [0.15, 0.2) is 48.8 Å². The molecule has 3 atom stereocenters. The van der Waals surface area contributed by atoms with Crippen LogP contribution < -0.4 is 4.74 Å². The summed E-state index contributed by atoms with van der Waals surface area (Å²) in [6, 6.07) is 12.0. The van der Waals surface area contributed by atoms with Gasteiger partial charge in [-0.1, -0.05) is 24.3 Å². The Hall–Kier alpha value is -2.86. The number of morpholine rings is 1. The number of benzene rings is 1. The molecule has 3 unspecified atom stereocenters. The van der Waals surface area contributed by atoms with Gasteiger partial charge in [-0.05, 0) is 38.5 Å². The zero-order valence-electron chi connectivity index (χ0n) is 18.0. The molecule has 0 spiro atoms. The molecule has 1 aliphatic rings. The summed E-state index contributed by atoms with van der Waals surface area (Å²) in [5.41, 5.74) is 3.99. The lowest BCUT2D eigenvalue weighted by atomic mass is 9.91. The number of amides is 1. The lowest BCUT2D eigenvalue weighted by Gasteiger charge is -2.36. The molecule has 6 nitrogen and oxygen atoms in total. The van der Waals surface area contributed by atoms with Gasteiger partial charge in [-0.2, -0.15) is 0 Å². The molecule has 158 valence electrons. The van der Waals surface area contributed by atoms with Crippen molar-refractivity contribution in [3.8, 4) is 5.75 Å². The molecule has 30 heavy (non-hydrogen) atoms. The van der Waals surface area contributed by atoms with Crippen LogP contribution in [0.2, 0.25) is 0 Å². The van der Waals surface area contributed by atoms with Crippen molar-refractivity contribution in [2.45, 2.75) is 45.3 Å². The Bertz CT molecular complexity index is 1040. The molecule has 1 fully saturated rings. The van der Waals surface area contributed by atoms with Crippen LogP contribution in [-0.2, 0) is 9.53 Å². The summed E-state index contributed by atoms with van der Waals surface area (Å²) in [6.07, 6.45) is 4.33. The number of methoxy groups -OCH3 is 1. The lowest BCUT2D eigenvalue weighted by molar-refractivity contribution is -0.143. The van der Waals surface area contributed by atoms with Crippen LogP contribution in [0.3, 0.4) is 0 Å². The zero-order chi connectivity index (χ0) is 21.3. The Balaban J connectivity index is 1.74. The second-order valence-corrected chi connectivity index (χ2v) is 8.12. The summed E-state index contributed by atoms with van der Waals surface area (Å²) in [6.45, 7) is 7.32. The molecular weight excluding hydrogens is 378 g/mol. The number of hydrogen-bond donors (Lipinski definition) is 0. The number of aryl methyl sites for hydroxylation is 1. The van der Waals surface area contributed by atoms with Crippen LogP contribution in [0.4, 0.5) is 0 Å². The molecule has 4 rings (SSSR count). The number of hydrogen-bond acceptors (Lipinski definition) is 4. The van der Waals surface area contributed by atoms with E-state index in [0.29, 0.717) is 19.5 Å². The van der Waals surface area contributed by atoms with Crippen molar-refractivity contribution >= 4 is 11.6 Å². The maximum atomic E-state index is 13.4. The van der Waals surface area contributed by atoms with E-state index in [1.54, 1.807) is 7.11 Å². The average molecular weight is 408 g/mol. The largest absolute Gasteiger partial charge is 0.496 e. The fourth-order valence-corrected chi connectivity index (χ4v) is 4.44. The third kappa shape index (κ3) is 3.92. The Morgan fingerprint density at radius 1 is 1.20 bits per heavy atom. The Kier molecular flexibility index (Phi) is 5.77. The van der Waals surface area contributed by atoms with E-state index < -0.39 is 0 Å².